The molecule has 0 spiro atoms. The number of carboxylic acids is 1. The Labute approximate surface area is 88.1 Å². The van der Waals surface area contributed by atoms with Crippen LogP contribution in [0, 0.1) is 5.41 Å². The average Bonchev–Trinajstić information content (AvgIpc) is 1.98. The van der Waals surface area contributed by atoms with Gasteiger partial charge in [0.15, 0.2) is 0 Å². The third-order valence-electron chi connectivity index (χ3n) is 2.41. The number of hydrogen-bond donors (Lipinski definition) is 1. The van der Waals surface area contributed by atoms with E-state index in [1.54, 1.807) is 0 Å². The maximum atomic E-state index is 11.5. The number of carboxylic acid groups (broad SMARTS) is 1. The molecule has 0 radical (unpaired) electrons. The van der Waals surface area contributed by atoms with Crippen LogP contribution in [0.1, 0.15) is 33.1 Å². The van der Waals surface area contributed by atoms with Crippen molar-refractivity contribution in [2.24, 2.45) is 5.41 Å². The number of carbonyl (C=O) groups is 3. The standard InChI is InChI=1S/C10H15NO4/c1-10(2)5-7(12)11(8(13)6-10)4-3-9(14)15/h3-6H2,1-2H3,(H,14,15). The number of likely N-dealkylation sites (tertiary alicyclic amines) is 1. The molecule has 1 rings (SSSR count). The average molecular weight is 213 g/mol. The van der Waals surface area contributed by atoms with Crippen LogP contribution in [0.15, 0.2) is 0 Å². The Bertz CT molecular complexity index is 289. The van der Waals surface area contributed by atoms with Gasteiger partial charge >= 0.3 is 5.97 Å². The summed E-state index contributed by atoms with van der Waals surface area (Å²) in [5.41, 5.74) is -0.298. The predicted molar refractivity (Wildman–Crippen MR) is 52.0 cm³/mol. The maximum absolute atomic E-state index is 11.5. The zero-order valence-corrected chi connectivity index (χ0v) is 8.95. The first kappa shape index (κ1) is 11.7. The smallest absolute Gasteiger partial charge is 0.305 e. The summed E-state index contributed by atoms with van der Waals surface area (Å²) in [5, 5.41) is 8.47. The molecule has 1 aliphatic rings. The van der Waals surface area contributed by atoms with Crippen molar-refractivity contribution >= 4 is 17.8 Å². The van der Waals surface area contributed by atoms with Gasteiger partial charge in [-0.15, -0.1) is 0 Å². The van der Waals surface area contributed by atoms with Crippen molar-refractivity contribution in [3.05, 3.63) is 0 Å². The van der Waals surface area contributed by atoms with E-state index < -0.39 is 5.97 Å². The molecule has 1 N–H and O–H groups in total. The van der Waals surface area contributed by atoms with Crippen LogP contribution in [0.4, 0.5) is 0 Å². The van der Waals surface area contributed by atoms with Crippen molar-refractivity contribution in [2.75, 3.05) is 6.54 Å². The lowest BCUT2D eigenvalue weighted by atomic mass is 9.82. The number of aliphatic carboxylic acids is 1. The SMILES string of the molecule is CC1(C)CC(=O)N(CCC(=O)O)C(=O)C1. The largest absolute Gasteiger partial charge is 0.481 e. The molecule has 0 aromatic carbocycles. The molecule has 0 saturated carbocycles. The number of amides is 2. The molecule has 0 bridgehead atoms. The lowest BCUT2D eigenvalue weighted by Gasteiger charge is -2.34. The van der Waals surface area contributed by atoms with Gasteiger partial charge < -0.3 is 5.11 Å². The van der Waals surface area contributed by atoms with E-state index in [9.17, 15) is 14.4 Å². The first-order valence-electron chi connectivity index (χ1n) is 4.87. The number of carbonyl (C=O) groups excluding carboxylic acids is 2. The van der Waals surface area contributed by atoms with Gasteiger partial charge in [0.05, 0.1) is 6.42 Å². The molecule has 2 amide bonds. The Morgan fingerprint density at radius 3 is 2.20 bits per heavy atom. The van der Waals surface area contributed by atoms with Crippen LogP contribution < -0.4 is 0 Å². The number of nitrogens with zero attached hydrogens (tertiary/aromatic N) is 1. The van der Waals surface area contributed by atoms with Gasteiger partial charge in [0, 0.05) is 19.4 Å². The normalized spacial score (nSPS) is 20.5. The Balaban J connectivity index is 2.63. The lowest BCUT2D eigenvalue weighted by Crippen LogP contribution is -2.46. The summed E-state index contributed by atoms with van der Waals surface area (Å²) in [6.07, 6.45) is 0.425. The summed E-state index contributed by atoms with van der Waals surface area (Å²) < 4.78 is 0. The number of imide groups is 1. The van der Waals surface area contributed by atoms with Crippen molar-refractivity contribution in [3.63, 3.8) is 0 Å². The van der Waals surface area contributed by atoms with Gasteiger partial charge in [-0.2, -0.15) is 0 Å². The fraction of sp³-hybridized carbons (Fsp3) is 0.700. The van der Waals surface area contributed by atoms with Gasteiger partial charge in [0.1, 0.15) is 0 Å². The summed E-state index contributed by atoms with van der Waals surface area (Å²) in [7, 11) is 0. The molecule has 0 aliphatic carbocycles. The molecule has 0 aromatic heterocycles. The fourth-order valence-electron chi connectivity index (χ4n) is 1.67. The highest BCUT2D eigenvalue weighted by Crippen LogP contribution is 2.31. The van der Waals surface area contributed by atoms with Crippen molar-refractivity contribution in [3.8, 4) is 0 Å². The van der Waals surface area contributed by atoms with E-state index in [4.69, 9.17) is 5.11 Å². The zero-order chi connectivity index (χ0) is 11.6. The number of rotatable bonds is 3. The van der Waals surface area contributed by atoms with E-state index in [0.717, 1.165) is 4.90 Å². The molecule has 0 aromatic rings. The van der Waals surface area contributed by atoms with Crippen LogP contribution in [0.25, 0.3) is 0 Å². The highest BCUT2D eigenvalue weighted by atomic mass is 16.4. The molecule has 0 atom stereocenters. The summed E-state index contributed by atoms with van der Waals surface area (Å²) in [6, 6.07) is 0. The molecule has 1 aliphatic heterocycles. The van der Waals surface area contributed by atoms with E-state index in [-0.39, 0.29) is 30.2 Å². The molecule has 1 saturated heterocycles. The summed E-state index contributed by atoms with van der Waals surface area (Å²) >= 11 is 0. The second kappa shape index (κ2) is 4.00. The first-order valence-corrected chi connectivity index (χ1v) is 4.87. The zero-order valence-electron chi connectivity index (χ0n) is 8.95. The summed E-state index contributed by atoms with van der Waals surface area (Å²) in [5.74, 6) is -1.53. The fourth-order valence-corrected chi connectivity index (χ4v) is 1.67. The van der Waals surface area contributed by atoms with Crippen molar-refractivity contribution in [1.82, 2.24) is 4.90 Å². The first-order chi connectivity index (χ1) is 6.82. The molecular weight excluding hydrogens is 198 g/mol. The van der Waals surface area contributed by atoms with Gasteiger partial charge in [0.2, 0.25) is 11.8 Å². The van der Waals surface area contributed by atoms with Crippen LogP contribution in [0.3, 0.4) is 0 Å². The van der Waals surface area contributed by atoms with Crippen molar-refractivity contribution in [1.29, 1.82) is 0 Å². The molecule has 15 heavy (non-hydrogen) atoms. The molecule has 84 valence electrons. The van der Waals surface area contributed by atoms with Crippen LogP contribution >= 0.6 is 0 Å². The Kier molecular flexibility index (Phi) is 3.12. The molecule has 5 heteroatoms. The highest BCUT2D eigenvalue weighted by Gasteiger charge is 2.37. The van der Waals surface area contributed by atoms with E-state index in [0.29, 0.717) is 12.8 Å². The van der Waals surface area contributed by atoms with Crippen molar-refractivity contribution < 1.29 is 19.5 Å². The predicted octanol–water partition coefficient (Wildman–Crippen LogP) is 0.636. The Morgan fingerprint density at radius 1 is 1.33 bits per heavy atom. The van der Waals surface area contributed by atoms with Crippen molar-refractivity contribution in [2.45, 2.75) is 33.1 Å². The molecule has 0 unspecified atom stereocenters. The van der Waals surface area contributed by atoms with Crippen LogP contribution in [-0.2, 0) is 14.4 Å². The van der Waals surface area contributed by atoms with Gasteiger partial charge in [0.25, 0.3) is 0 Å². The van der Waals surface area contributed by atoms with Gasteiger partial charge in [-0.3, -0.25) is 19.3 Å². The van der Waals surface area contributed by atoms with Crippen LogP contribution in [0.5, 0.6) is 0 Å². The minimum Gasteiger partial charge on any atom is -0.481 e. The minimum atomic E-state index is -1.000. The second-order valence-electron chi connectivity index (χ2n) is 4.60. The van der Waals surface area contributed by atoms with Crippen LogP contribution in [0.2, 0.25) is 0 Å². The highest BCUT2D eigenvalue weighted by molar-refractivity contribution is 5.98. The van der Waals surface area contributed by atoms with Gasteiger partial charge in [-0.25, -0.2) is 0 Å². The Morgan fingerprint density at radius 2 is 1.80 bits per heavy atom. The van der Waals surface area contributed by atoms with Gasteiger partial charge in [-0.1, -0.05) is 13.8 Å². The molecular formula is C10H15NO4. The maximum Gasteiger partial charge on any atom is 0.305 e. The molecule has 1 heterocycles. The lowest BCUT2D eigenvalue weighted by molar-refractivity contribution is -0.153. The third kappa shape index (κ3) is 3.04. The number of hydrogen-bond acceptors (Lipinski definition) is 3. The van der Waals surface area contributed by atoms with E-state index in [1.807, 2.05) is 13.8 Å². The minimum absolute atomic E-state index is 0.0108. The van der Waals surface area contributed by atoms with Crippen LogP contribution in [-0.4, -0.2) is 34.3 Å². The molecule has 1 fully saturated rings. The third-order valence-corrected chi connectivity index (χ3v) is 2.41. The second-order valence-corrected chi connectivity index (χ2v) is 4.60. The number of piperidine rings is 1. The van der Waals surface area contributed by atoms with E-state index in [1.165, 1.54) is 0 Å². The summed E-state index contributed by atoms with van der Waals surface area (Å²) in [4.78, 5) is 34.5. The van der Waals surface area contributed by atoms with E-state index in [2.05, 4.69) is 0 Å². The monoisotopic (exact) mass is 213 g/mol. The summed E-state index contributed by atoms with van der Waals surface area (Å²) in [6.45, 7) is 3.71. The van der Waals surface area contributed by atoms with E-state index >= 15 is 0 Å². The Hall–Kier alpha value is -1.39. The quantitative estimate of drug-likeness (QED) is 0.698. The van der Waals surface area contributed by atoms with Gasteiger partial charge in [-0.05, 0) is 5.41 Å². The molecule has 5 nitrogen and oxygen atoms in total. The topological polar surface area (TPSA) is 74.7 Å².